The summed E-state index contributed by atoms with van der Waals surface area (Å²) in [6.07, 6.45) is 3.94. The zero-order chi connectivity index (χ0) is 19.5. The zero-order valence-electron chi connectivity index (χ0n) is 16.2. The van der Waals surface area contributed by atoms with E-state index in [1.807, 2.05) is 54.3 Å². The Morgan fingerprint density at radius 3 is 2.68 bits per heavy atom. The molecule has 0 bridgehead atoms. The summed E-state index contributed by atoms with van der Waals surface area (Å²) in [7, 11) is 0. The molecular formula is C23H25N3O2. The minimum absolute atomic E-state index is 0.0172. The van der Waals surface area contributed by atoms with Gasteiger partial charge in [0, 0.05) is 19.6 Å². The van der Waals surface area contributed by atoms with E-state index in [0.29, 0.717) is 24.3 Å². The quantitative estimate of drug-likeness (QED) is 0.704. The maximum absolute atomic E-state index is 12.7. The van der Waals surface area contributed by atoms with Crippen LogP contribution < -0.4 is 5.56 Å². The van der Waals surface area contributed by atoms with Crippen molar-refractivity contribution in [2.45, 2.75) is 32.7 Å². The van der Waals surface area contributed by atoms with Crippen LogP contribution in [-0.2, 0) is 17.8 Å². The monoisotopic (exact) mass is 375 g/mol. The van der Waals surface area contributed by atoms with E-state index < -0.39 is 0 Å². The van der Waals surface area contributed by atoms with E-state index in [1.54, 1.807) is 10.9 Å². The largest absolute Gasteiger partial charge is 0.342 e. The fourth-order valence-corrected chi connectivity index (χ4v) is 3.99. The number of hydrogen-bond donors (Lipinski definition) is 0. The van der Waals surface area contributed by atoms with Gasteiger partial charge in [0.05, 0.1) is 23.7 Å². The average Bonchev–Trinajstić information content (AvgIpc) is 2.71. The Hall–Kier alpha value is -2.95. The van der Waals surface area contributed by atoms with Crippen LogP contribution in [0.5, 0.6) is 0 Å². The first-order valence-corrected chi connectivity index (χ1v) is 9.87. The Balaban J connectivity index is 1.36. The molecule has 0 saturated carbocycles. The number of likely N-dealkylation sites (tertiary alicyclic amines) is 1. The molecule has 0 atom stereocenters. The molecule has 5 nitrogen and oxygen atoms in total. The fourth-order valence-electron chi connectivity index (χ4n) is 3.99. The van der Waals surface area contributed by atoms with Gasteiger partial charge in [-0.1, -0.05) is 42.0 Å². The van der Waals surface area contributed by atoms with Gasteiger partial charge in [-0.15, -0.1) is 0 Å². The molecule has 0 radical (unpaired) electrons. The number of benzene rings is 2. The summed E-state index contributed by atoms with van der Waals surface area (Å²) >= 11 is 0. The second-order valence-electron chi connectivity index (χ2n) is 7.71. The van der Waals surface area contributed by atoms with Crippen LogP contribution in [0.1, 0.15) is 24.0 Å². The van der Waals surface area contributed by atoms with E-state index >= 15 is 0 Å². The Kier molecular flexibility index (Phi) is 5.24. The minimum atomic E-state index is 0.0172. The summed E-state index contributed by atoms with van der Waals surface area (Å²) in [6.45, 7) is 4.22. The summed E-state index contributed by atoms with van der Waals surface area (Å²) in [6, 6.07) is 15.6. The second kappa shape index (κ2) is 7.97. The lowest BCUT2D eigenvalue weighted by Gasteiger charge is -2.32. The first kappa shape index (κ1) is 18.4. The van der Waals surface area contributed by atoms with Crippen LogP contribution in [0.25, 0.3) is 10.9 Å². The molecule has 4 rings (SSSR count). The molecule has 28 heavy (non-hydrogen) atoms. The number of para-hydroxylation sites is 1. The lowest BCUT2D eigenvalue weighted by atomic mass is 9.96. The molecule has 0 unspecified atom stereocenters. The van der Waals surface area contributed by atoms with Gasteiger partial charge in [-0.3, -0.25) is 14.2 Å². The van der Waals surface area contributed by atoms with Gasteiger partial charge in [-0.2, -0.15) is 0 Å². The molecule has 1 aliphatic heterocycles. The predicted octanol–water partition coefficient (Wildman–Crippen LogP) is 3.19. The van der Waals surface area contributed by atoms with Gasteiger partial charge in [0.25, 0.3) is 5.56 Å². The average molecular weight is 375 g/mol. The highest BCUT2D eigenvalue weighted by atomic mass is 16.2. The van der Waals surface area contributed by atoms with Crippen molar-refractivity contribution in [3.05, 3.63) is 76.3 Å². The van der Waals surface area contributed by atoms with Gasteiger partial charge in [-0.25, -0.2) is 4.98 Å². The number of carbonyl (C=O) groups is 1. The van der Waals surface area contributed by atoms with Crippen LogP contribution in [0, 0.1) is 12.8 Å². The molecule has 1 aliphatic rings. The molecule has 0 N–H and O–H groups in total. The van der Waals surface area contributed by atoms with Crippen molar-refractivity contribution < 1.29 is 4.79 Å². The highest BCUT2D eigenvalue weighted by Gasteiger charge is 2.23. The summed E-state index contributed by atoms with van der Waals surface area (Å²) < 4.78 is 1.72. The number of fused-ring (bicyclic) bond motifs is 1. The van der Waals surface area contributed by atoms with E-state index in [9.17, 15) is 9.59 Å². The summed E-state index contributed by atoms with van der Waals surface area (Å²) in [5.74, 6) is 0.581. The molecule has 144 valence electrons. The van der Waals surface area contributed by atoms with Crippen molar-refractivity contribution >= 4 is 16.8 Å². The number of amides is 1. The van der Waals surface area contributed by atoms with Crippen LogP contribution in [-0.4, -0.2) is 33.4 Å². The fraction of sp³-hybridized carbons (Fsp3) is 0.348. The van der Waals surface area contributed by atoms with Gasteiger partial charge in [0.15, 0.2) is 0 Å². The number of hydrogen-bond acceptors (Lipinski definition) is 3. The van der Waals surface area contributed by atoms with Crippen LogP contribution in [0.3, 0.4) is 0 Å². The first-order valence-electron chi connectivity index (χ1n) is 9.87. The van der Waals surface area contributed by atoms with E-state index in [1.165, 1.54) is 5.56 Å². The SMILES string of the molecule is Cc1cccc(CC(=O)N2CCC(Cn3cnc4ccccc4c3=O)CC2)c1. The standard InChI is InChI=1S/C23H25N3O2/c1-17-5-4-6-19(13-17)14-22(27)25-11-9-18(10-12-25)15-26-16-24-21-8-3-2-7-20(21)23(26)28/h2-8,13,16,18H,9-12,14-15H2,1H3. The van der Waals surface area contributed by atoms with Crippen LogP contribution in [0.2, 0.25) is 0 Å². The van der Waals surface area contributed by atoms with Crippen molar-refractivity contribution in [3.63, 3.8) is 0 Å². The van der Waals surface area contributed by atoms with Crippen LogP contribution in [0.15, 0.2) is 59.7 Å². The molecule has 1 saturated heterocycles. The van der Waals surface area contributed by atoms with E-state index in [-0.39, 0.29) is 11.5 Å². The van der Waals surface area contributed by atoms with Crippen LogP contribution in [0.4, 0.5) is 0 Å². The van der Waals surface area contributed by atoms with E-state index in [0.717, 1.165) is 37.0 Å². The predicted molar refractivity (Wildman–Crippen MR) is 110 cm³/mol. The van der Waals surface area contributed by atoms with E-state index in [4.69, 9.17) is 0 Å². The normalized spacial score (nSPS) is 15.1. The number of piperidine rings is 1. The Labute approximate surface area is 164 Å². The Morgan fingerprint density at radius 1 is 1.11 bits per heavy atom. The topological polar surface area (TPSA) is 55.2 Å². The lowest BCUT2D eigenvalue weighted by Crippen LogP contribution is -2.40. The number of rotatable bonds is 4. The highest BCUT2D eigenvalue weighted by molar-refractivity contribution is 5.79. The molecule has 0 aliphatic carbocycles. The zero-order valence-corrected chi connectivity index (χ0v) is 16.2. The maximum atomic E-state index is 12.7. The van der Waals surface area contributed by atoms with Crippen LogP contribution >= 0.6 is 0 Å². The first-order chi connectivity index (χ1) is 13.6. The van der Waals surface area contributed by atoms with Crippen molar-refractivity contribution in [2.75, 3.05) is 13.1 Å². The lowest BCUT2D eigenvalue weighted by molar-refractivity contribution is -0.131. The van der Waals surface area contributed by atoms with Gasteiger partial charge < -0.3 is 4.90 Å². The molecule has 2 heterocycles. The van der Waals surface area contributed by atoms with Gasteiger partial charge in [-0.05, 0) is 43.4 Å². The summed E-state index contributed by atoms with van der Waals surface area (Å²) in [5.41, 5.74) is 3.00. The molecule has 2 aromatic carbocycles. The Morgan fingerprint density at radius 2 is 1.89 bits per heavy atom. The number of carbonyl (C=O) groups excluding carboxylic acids is 1. The summed E-state index contributed by atoms with van der Waals surface area (Å²) in [5, 5.41) is 0.663. The maximum Gasteiger partial charge on any atom is 0.261 e. The van der Waals surface area contributed by atoms with Crippen molar-refractivity contribution in [2.24, 2.45) is 5.92 Å². The number of aryl methyl sites for hydroxylation is 1. The molecule has 0 spiro atoms. The molecule has 1 fully saturated rings. The molecule has 1 aromatic heterocycles. The highest BCUT2D eigenvalue weighted by Crippen LogP contribution is 2.20. The van der Waals surface area contributed by atoms with Crippen molar-refractivity contribution in [1.29, 1.82) is 0 Å². The van der Waals surface area contributed by atoms with Gasteiger partial charge >= 0.3 is 0 Å². The smallest absolute Gasteiger partial charge is 0.261 e. The third kappa shape index (κ3) is 3.98. The third-order valence-corrected chi connectivity index (χ3v) is 5.59. The number of aromatic nitrogens is 2. The molecule has 1 amide bonds. The Bertz CT molecular complexity index is 1050. The second-order valence-corrected chi connectivity index (χ2v) is 7.71. The van der Waals surface area contributed by atoms with Crippen molar-refractivity contribution in [3.8, 4) is 0 Å². The summed E-state index contributed by atoms with van der Waals surface area (Å²) in [4.78, 5) is 31.6. The van der Waals surface area contributed by atoms with Gasteiger partial charge in [0.1, 0.15) is 0 Å². The molecule has 3 aromatic rings. The third-order valence-electron chi connectivity index (χ3n) is 5.59. The van der Waals surface area contributed by atoms with E-state index in [2.05, 4.69) is 11.1 Å². The number of nitrogens with zero attached hydrogens (tertiary/aromatic N) is 3. The molecular weight excluding hydrogens is 350 g/mol. The molecule has 5 heteroatoms. The minimum Gasteiger partial charge on any atom is -0.342 e. The van der Waals surface area contributed by atoms with Crippen molar-refractivity contribution in [1.82, 2.24) is 14.5 Å². The van der Waals surface area contributed by atoms with Gasteiger partial charge in [0.2, 0.25) is 5.91 Å².